The van der Waals surface area contributed by atoms with Crippen molar-refractivity contribution in [2.45, 2.75) is 70.4 Å². The minimum absolute atomic E-state index is 0.162. The molecular formula is C15H30N2O4. The van der Waals surface area contributed by atoms with Crippen LogP contribution in [0.2, 0.25) is 0 Å². The van der Waals surface area contributed by atoms with Crippen LogP contribution in [-0.2, 0) is 14.2 Å². The monoisotopic (exact) mass is 302 g/mol. The van der Waals surface area contributed by atoms with Crippen LogP contribution in [0.5, 0.6) is 0 Å². The summed E-state index contributed by atoms with van der Waals surface area (Å²) in [6, 6.07) is 0.529. The zero-order chi connectivity index (χ0) is 15.9. The molecule has 6 heteroatoms. The van der Waals surface area contributed by atoms with Crippen LogP contribution in [0, 0.1) is 0 Å². The Bertz CT molecular complexity index is 313. The fourth-order valence-electron chi connectivity index (χ4n) is 2.51. The van der Waals surface area contributed by atoms with Gasteiger partial charge in [-0.2, -0.15) is 0 Å². The second-order valence-electron chi connectivity index (χ2n) is 6.52. The lowest BCUT2D eigenvalue weighted by atomic mass is 9.91. The topological polar surface area (TPSA) is 68.8 Å². The van der Waals surface area contributed by atoms with Gasteiger partial charge in [0.2, 0.25) is 0 Å². The smallest absolute Gasteiger partial charge is 0.407 e. The van der Waals surface area contributed by atoms with Gasteiger partial charge in [-0.05, 0) is 46.5 Å². The third-order valence-electron chi connectivity index (χ3n) is 3.49. The molecule has 1 amide bonds. The van der Waals surface area contributed by atoms with Crippen LogP contribution in [0.1, 0.15) is 46.5 Å². The van der Waals surface area contributed by atoms with Crippen molar-refractivity contribution >= 4 is 6.09 Å². The molecule has 6 nitrogen and oxygen atoms in total. The number of rotatable bonds is 6. The molecule has 2 N–H and O–H groups in total. The molecule has 0 aromatic rings. The molecule has 2 unspecified atom stereocenters. The summed E-state index contributed by atoms with van der Waals surface area (Å²) in [5, 5.41) is 6.39. The van der Waals surface area contributed by atoms with Gasteiger partial charge in [-0.25, -0.2) is 4.79 Å². The molecule has 1 aliphatic rings. The van der Waals surface area contributed by atoms with Crippen LogP contribution < -0.4 is 10.6 Å². The molecule has 0 spiro atoms. The van der Waals surface area contributed by atoms with Gasteiger partial charge in [0.25, 0.3) is 0 Å². The zero-order valence-electron chi connectivity index (χ0n) is 13.9. The van der Waals surface area contributed by atoms with Gasteiger partial charge in [-0.3, -0.25) is 0 Å². The molecule has 124 valence electrons. The molecule has 0 heterocycles. The number of nitrogens with one attached hydrogen (secondary N) is 2. The SMILES string of the molecule is COC(CNC1CCCC(NC(=O)OC(C)(C)C)C1)OC. The van der Waals surface area contributed by atoms with E-state index in [4.69, 9.17) is 14.2 Å². The van der Waals surface area contributed by atoms with Crippen LogP contribution in [0.15, 0.2) is 0 Å². The Morgan fingerprint density at radius 3 is 2.38 bits per heavy atom. The molecule has 1 aliphatic carbocycles. The lowest BCUT2D eigenvalue weighted by molar-refractivity contribution is -0.100. The van der Waals surface area contributed by atoms with E-state index in [0.717, 1.165) is 25.7 Å². The number of ether oxygens (including phenoxy) is 3. The third kappa shape index (κ3) is 7.64. The van der Waals surface area contributed by atoms with Crippen molar-refractivity contribution in [2.24, 2.45) is 0 Å². The predicted molar refractivity (Wildman–Crippen MR) is 81.2 cm³/mol. The van der Waals surface area contributed by atoms with Crippen molar-refractivity contribution in [1.82, 2.24) is 10.6 Å². The first-order chi connectivity index (χ1) is 9.84. The van der Waals surface area contributed by atoms with Crippen LogP contribution in [0.4, 0.5) is 4.79 Å². The Morgan fingerprint density at radius 2 is 1.81 bits per heavy atom. The summed E-state index contributed by atoms with van der Waals surface area (Å²) in [5.41, 5.74) is -0.458. The average molecular weight is 302 g/mol. The summed E-state index contributed by atoms with van der Waals surface area (Å²) < 4.78 is 15.6. The van der Waals surface area contributed by atoms with E-state index < -0.39 is 5.60 Å². The summed E-state index contributed by atoms with van der Waals surface area (Å²) >= 11 is 0. The van der Waals surface area contributed by atoms with Crippen LogP contribution in [0.3, 0.4) is 0 Å². The zero-order valence-corrected chi connectivity index (χ0v) is 13.9. The maximum Gasteiger partial charge on any atom is 0.407 e. The molecule has 0 aromatic carbocycles. The van der Waals surface area contributed by atoms with Crippen molar-refractivity contribution in [3.63, 3.8) is 0 Å². The first-order valence-electron chi connectivity index (χ1n) is 7.62. The second-order valence-corrected chi connectivity index (χ2v) is 6.52. The standard InChI is InChI=1S/C15H30N2O4/c1-15(2,3)21-14(18)17-12-8-6-7-11(9-12)16-10-13(19-4)20-5/h11-13,16H,6-10H2,1-5H3,(H,17,18). The molecule has 1 saturated carbocycles. The van der Waals surface area contributed by atoms with E-state index in [-0.39, 0.29) is 18.4 Å². The minimum atomic E-state index is -0.458. The molecule has 1 fully saturated rings. The second kappa shape index (κ2) is 8.56. The Labute approximate surface area is 127 Å². The van der Waals surface area contributed by atoms with E-state index in [1.54, 1.807) is 14.2 Å². The summed E-state index contributed by atoms with van der Waals surface area (Å²) in [5.74, 6) is 0. The molecule has 0 aliphatic heterocycles. The molecular weight excluding hydrogens is 272 g/mol. The maximum absolute atomic E-state index is 11.8. The number of alkyl carbamates (subject to hydrolysis) is 1. The van der Waals surface area contributed by atoms with E-state index in [0.29, 0.717) is 12.6 Å². The summed E-state index contributed by atoms with van der Waals surface area (Å²) in [6.07, 6.45) is 3.52. The van der Waals surface area contributed by atoms with Crippen molar-refractivity contribution in [3.8, 4) is 0 Å². The maximum atomic E-state index is 11.8. The molecule has 21 heavy (non-hydrogen) atoms. The quantitative estimate of drug-likeness (QED) is 0.735. The van der Waals surface area contributed by atoms with Crippen molar-refractivity contribution in [3.05, 3.63) is 0 Å². The van der Waals surface area contributed by atoms with Gasteiger partial charge in [-0.1, -0.05) is 0 Å². The fourth-order valence-corrected chi connectivity index (χ4v) is 2.51. The highest BCUT2D eigenvalue weighted by molar-refractivity contribution is 5.68. The molecule has 0 aromatic heterocycles. The predicted octanol–water partition coefficient (Wildman–Crippen LogP) is 2.03. The normalized spacial score (nSPS) is 23.1. The first-order valence-corrected chi connectivity index (χ1v) is 7.62. The van der Waals surface area contributed by atoms with Gasteiger partial charge in [0.05, 0.1) is 0 Å². The average Bonchev–Trinajstić information content (AvgIpc) is 2.38. The Kier molecular flexibility index (Phi) is 7.42. The van der Waals surface area contributed by atoms with Crippen LogP contribution in [0.25, 0.3) is 0 Å². The summed E-state index contributed by atoms with van der Waals surface area (Å²) in [6.45, 7) is 6.26. The number of hydrogen-bond donors (Lipinski definition) is 2. The van der Waals surface area contributed by atoms with Gasteiger partial charge >= 0.3 is 6.09 Å². The Morgan fingerprint density at radius 1 is 1.19 bits per heavy atom. The molecule has 2 atom stereocenters. The van der Waals surface area contributed by atoms with E-state index in [9.17, 15) is 4.79 Å². The summed E-state index contributed by atoms with van der Waals surface area (Å²) in [4.78, 5) is 11.8. The highest BCUT2D eigenvalue weighted by Crippen LogP contribution is 2.19. The number of carbonyl (C=O) groups is 1. The highest BCUT2D eigenvalue weighted by atomic mass is 16.7. The highest BCUT2D eigenvalue weighted by Gasteiger charge is 2.25. The Hall–Kier alpha value is -0.850. The largest absolute Gasteiger partial charge is 0.444 e. The molecule has 0 bridgehead atoms. The van der Waals surface area contributed by atoms with Crippen molar-refractivity contribution < 1.29 is 19.0 Å². The van der Waals surface area contributed by atoms with E-state index in [1.165, 1.54) is 0 Å². The van der Waals surface area contributed by atoms with E-state index in [1.807, 2.05) is 20.8 Å². The number of hydrogen-bond acceptors (Lipinski definition) is 5. The number of methoxy groups -OCH3 is 2. The van der Waals surface area contributed by atoms with E-state index in [2.05, 4.69) is 10.6 Å². The molecule has 0 radical (unpaired) electrons. The van der Waals surface area contributed by atoms with Crippen LogP contribution in [-0.4, -0.2) is 50.8 Å². The fraction of sp³-hybridized carbons (Fsp3) is 0.933. The molecule has 1 rings (SSSR count). The van der Waals surface area contributed by atoms with Gasteiger partial charge in [0, 0.05) is 32.8 Å². The van der Waals surface area contributed by atoms with Gasteiger partial charge in [0.1, 0.15) is 5.60 Å². The minimum Gasteiger partial charge on any atom is -0.444 e. The lowest BCUT2D eigenvalue weighted by Crippen LogP contribution is -2.47. The number of carbonyl (C=O) groups excluding carboxylic acids is 1. The van der Waals surface area contributed by atoms with Crippen LogP contribution >= 0.6 is 0 Å². The molecule has 0 saturated heterocycles. The van der Waals surface area contributed by atoms with Gasteiger partial charge in [-0.15, -0.1) is 0 Å². The van der Waals surface area contributed by atoms with Crippen molar-refractivity contribution in [1.29, 1.82) is 0 Å². The van der Waals surface area contributed by atoms with Crippen molar-refractivity contribution in [2.75, 3.05) is 20.8 Å². The number of amides is 1. The Balaban J connectivity index is 2.33. The van der Waals surface area contributed by atoms with Gasteiger partial charge < -0.3 is 24.8 Å². The van der Waals surface area contributed by atoms with E-state index >= 15 is 0 Å². The summed E-state index contributed by atoms with van der Waals surface area (Å²) in [7, 11) is 3.26. The first kappa shape index (κ1) is 18.2. The lowest BCUT2D eigenvalue weighted by Gasteiger charge is -2.31. The third-order valence-corrected chi connectivity index (χ3v) is 3.49. The van der Waals surface area contributed by atoms with Gasteiger partial charge in [0.15, 0.2) is 6.29 Å².